The molecule has 1 heterocycles. The molecule has 1 unspecified atom stereocenters. The molecule has 1 aromatic heterocycles. The van der Waals surface area contributed by atoms with Crippen molar-refractivity contribution in [2.45, 2.75) is 19.9 Å². The van der Waals surface area contributed by atoms with E-state index in [2.05, 4.69) is 11.9 Å². The smallest absolute Gasteiger partial charge is 0.151 e. The Balaban J connectivity index is 2.86. The Hall–Kier alpha value is -1.29. The van der Waals surface area contributed by atoms with Gasteiger partial charge in [-0.25, -0.2) is 4.98 Å². The maximum Gasteiger partial charge on any atom is 0.151 e. The molecule has 0 fully saturated rings. The van der Waals surface area contributed by atoms with Crippen molar-refractivity contribution < 1.29 is 4.74 Å². The predicted octanol–water partition coefficient (Wildman–Crippen LogP) is 1.44. The number of anilines is 2. The molecule has 0 aliphatic rings. The molecule has 1 rings (SSSR count). The van der Waals surface area contributed by atoms with Gasteiger partial charge in [-0.15, -0.1) is 0 Å². The average molecular weight is 209 g/mol. The maximum absolute atomic E-state index is 5.91. The quantitative estimate of drug-likeness (QED) is 0.815. The third-order valence-electron chi connectivity index (χ3n) is 2.43. The molecule has 0 saturated heterocycles. The highest BCUT2D eigenvalue weighted by atomic mass is 16.5. The molecule has 0 radical (unpaired) electrons. The Morgan fingerprint density at radius 1 is 1.60 bits per heavy atom. The second-order valence-corrected chi connectivity index (χ2v) is 3.84. The van der Waals surface area contributed by atoms with Crippen molar-refractivity contribution in [2.24, 2.45) is 0 Å². The molecule has 4 nitrogen and oxygen atoms in total. The number of nitrogens with two attached hydrogens (primary N) is 1. The molecule has 0 aromatic carbocycles. The van der Waals surface area contributed by atoms with Gasteiger partial charge in [-0.2, -0.15) is 0 Å². The van der Waals surface area contributed by atoms with E-state index in [1.807, 2.05) is 31.1 Å². The summed E-state index contributed by atoms with van der Waals surface area (Å²) < 4.78 is 5.10. The van der Waals surface area contributed by atoms with Crippen LogP contribution in [-0.2, 0) is 4.74 Å². The van der Waals surface area contributed by atoms with Crippen molar-refractivity contribution in [1.82, 2.24) is 4.98 Å². The van der Waals surface area contributed by atoms with E-state index in [4.69, 9.17) is 10.5 Å². The Bertz CT molecular complexity index is 328. The first-order valence-electron chi connectivity index (χ1n) is 5.00. The van der Waals surface area contributed by atoms with E-state index in [1.165, 1.54) is 0 Å². The largest absolute Gasteiger partial charge is 0.396 e. The van der Waals surface area contributed by atoms with E-state index in [9.17, 15) is 0 Å². The van der Waals surface area contributed by atoms with Gasteiger partial charge in [0.05, 0.1) is 18.3 Å². The number of aromatic nitrogens is 1. The van der Waals surface area contributed by atoms with Gasteiger partial charge in [-0.1, -0.05) is 0 Å². The summed E-state index contributed by atoms with van der Waals surface area (Å²) in [5.74, 6) is 0.810. The number of rotatable bonds is 4. The van der Waals surface area contributed by atoms with Gasteiger partial charge in [-0.3, -0.25) is 0 Å². The summed E-state index contributed by atoms with van der Waals surface area (Å²) in [6, 6.07) is 2.19. The van der Waals surface area contributed by atoms with Crippen LogP contribution in [0, 0.1) is 6.92 Å². The molecule has 0 saturated carbocycles. The van der Waals surface area contributed by atoms with Crippen molar-refractivity contribution in [1.29, 1.82) is 0 Å². The number of methoxy groups -OCH3 is 1. The maximum atomic E-state index is 5.91. The standard InChI is InChI=1S/C11H19N3O/c1-8-5-10(12)11(13-6-8)14(3)9(2)7-15-4/h5-6,9H,7,12H2,1-4H3. The van der Waals surface area contributed by atoms with Gasteiger partial charge < -0.3 is 15.4 Å². The first-order valence-corrected chi connectivity index (χ1v) is 5.00. The third kappa shape index (κ3) is 2.83. The van der Waals surface area contributed by atoms with Crippen LogP contribution >= 0.6 is 0 Å². The summed E-state index contributed by atoms with van der Waals surface area (Å²) in [5, 5.41) is 0. The van der Waals surface area contributed by atoms with Crippen LogP contribution in [0.1, 0.15) is 12.5 Å². The summed E-state index contributed by atoms with van der Waals surface area (Å²) in [5.41, 5.74) is 7.69. The zero-order valence-corrected chi connectivity index (χ0v) is 9.82. The van der Waals surface area contributed by atoms with Crippen LogP contribution in [0.3, 0.4) is 0 Å². The molecule has 4 heteroatoms. The van der Waals surface area contributed by atoms with Crippen LogP contribution in [0.2, 0.25) is 0 Å². The fourth-order valence-corrected chi connectivity index (χ4v) is 1.44. The van der Waals surface area contributed by atoms with Crippen LogP contribution in [0.15, 0.2) is 12.3 Å². The van der Waals surface area contributed by atoms with Gasteiger partial charge in [0.1, 0.15) is 0 Å². The van der Waals surface area contributed by atoms with Gasteiger partial charge in [0.2, 0.25) is 0 Å². The minimum absolute atomic E-state index is 0.257. The van der Waals surface area contributed by atoms with Gasteiger partial charge in [0.25, 0.3) is 0 Å². The Morgan fingerprint density at radius 3 is 2.80 bits per heavy atom. The Labute approximate surface area is 91.1 Å². The lowest BCUT2D eigenvalue weighted by Gasteiger charge is -2.26. The number of ether oxygens (including phenoxy) is 1. The lowest BCUT2D eigenvalue weighted by Crippen LogP contribution is -2.33. The Morgan fingerprint density at radius 2 is 2.27 bits per heavy atom. The molecule has 1 atom stereocenters. The summed E-state index contributed by atoms with van der Waals surface area (Å²) in [7, 11) is 3.66. The van der Waals surface area contributed by atoms with Gasteiger partial charge in [-0.05, 0) is 25.5 Å². The van der Waals surface area contributed by atoms with Crippen molar-refractivity contribution in [2.75, 3.05) is 31.4 Å². The van der Waals surface area contributed by atoms with Crippen molar-refractivity contribution in [3.8, 4) is 0 Å². The molecule has 84 valence electrons. The van der Waals surface area contributed by atoms with Gasteiger partial charge in [0, 0.05) is 20.4 Å². The fourth-order valence-electron chi connectivity index (χ4n) is 1.44. The lowest BCUT2D eigenvalue weighted by atomic mass is 10.2. The highest BCUT2D eigenvalue weighted by Gasteiger charge is 2.13. The average Bonchev–Trinajstić information content (AvgIpc) is 2.17. The van der Waals surface area contributed by atoms with E-state index < -0.39 is 0 Å². The van der Waals surface area contributed by atoms with Gasteiger partial charge in [0.15, 0.2) is 5.82 Å². The zero-order valence-electron chi connectivity index (χ0n) is 9.82. The normalized spacial score (nSPS) is 12.5. The molecule has 0 aliphatic carbocycles. The van der Waals surface area contributed by atoms with Crippen LogP contribution in [0.4, 0.5) is 11.5 Å². The molecular weight excluding hydrogens is 190 g/mol. The third-order valence-corrected chi connectivity index (χ3v) is 2.43. The van der Waals surface area contributed by atoms with Crippen molar-refractivity contribution in [3.05, 3.63) is 17.8 Å². The van der Waals surface area contributed by atoms with E-state index >= 15 is 0 Å². The first-order chi connectivity index (χ1) is 7.06. The first kappa shape index (κ1) is 11.8. The summed E-state index contributed by atoms with van der Waals surface area (Å²) in [4.78, 5) is 6.35. The van der Waals surface area contributed by atoms with Crippen LogP contribution in [-0.4, -0.2) is 31.8 Å². The second kappa shape index (κ2) is 4.98. The minimum Gasteiger partial charge on any atom is -0.396 e. The lowest BCUT2D eigenvalue weighted by molar-refractivity contribution is 0.183. The van der Waals surface area contributed by atoms with Crippen LogP contribution < -0.4 is 10.6 Å². The number of nitrogen functional groups attached to an aromatic ring is 1. The number of aryl methyl sites for hydroxylation is 1. The highest BCUT2D eigenvalue weighted by Crippen LogP contribution is 2.21. The predicted molar refractivity (Wildman–Crippen MR) is 63.1 cm³/mol. The van der Waals surface area contributed by atoms with Crippen LogP contribution in [0.5, 0.6) is 0 Å². The Kier molecular flexibility index (Phi) is 3.91. The van der Waals surface area contributed by atoms with Crippen LogP contribution in [0.25, 0.3) is 0 Å². The van der Waals surface area contributed by atoms with Crippen molar-refractivity contribution >= 4 is 11.5 Å². The molecule has 0 bridgehead atoms. The monoisotopic (exact) mass is 209 g/mol. The molecular formula is C11H19N3O. The minimum atomic E-state index is 0.257. The number of nitrogens with zero attached hydrogens (tertiary/aromatic N) is 2. The number of pyridine rings is 1. The van der Waals surface area contributed by atoms with E-state index in [1.54, 1.807) is 7.11 Å². The summed E-state index contributed by atoms with van der Waals surface area (Å²) >= 11 is 0. The zero-order chi connectivity index (χ0) is 11.4. The molecule has 15 heavy (non-hydrogen) atoms. The molecule has 2 N–H and O–H groups in total. The van der Waals surface area contributed by atoms with E-state index in [0.29, 0.717) is 12.3 Å². The summed E-state index contributed by atoms with van der Waals surface area (Å²) in [6.07, 6.45) is 1.82. The fraction of sp³-hybridized carbons (Fsp3) is 0.545. The molecule has 0 aliphatic heterocycles. The molecule has 0 spiro atoms. The highest BCUT2D eigenvalue weighted by molar-refractivity contribution is 5.63. The number of hydrogen-bond donors (Lipinski definition) is 1. The second-order valence-electron chi connectivity index (χ2n) is 3.84. The van der Waals surface area contributed by atoms with E-state index in [-0.39, 0.29) is 6.04 Å². The number of likely N-dealkylation sites (N-methyl/N-ethyl adjacent to an activating group) is 1. The molecule has 1 aromatic rings. The van der Waals surface area contributed by atoms with Crippen molar-refractivity contribution in [3.63, 3.8) is 0 Å². The van der Waals surface area contributed by atoms with E-state index in [0.717, 1.165) is 11.4 Å². The van der Waals surface area contributed by atoms with Gasteiger partial charge >= 0.3 is 0 Å². The SMILES string of the molecule is COCC(C)N(C)c1ncc(C)cc1N. The number of hydrogen-bond acceptors (Lipinski definition) is 4. The molecule has 0 amide bonds. The summed E-state index contributed by atoms with van der Waals surface area (Å²) in [6.45, 7) is 4.71. The topological polar surface area (TPSA) is 51.4 Å².